The summed E-state index contributed by atoms with van der Waals surface area (Å²) in [6.07, 6.45) is 8.90. The molecule has 1 aromatic heterocycles. The number of benzene rings is 1. The Morgan fingerprint density at radius 2 is 1.82 bits per heavy atom. The lowest BCUT2D eigenvalue weighted by Gasteiger charge is -2.29. The molecular weight excluding hydrogens is 352 g/mol. The van der Waals surface area contributed by atoms with Crippen molar-refractivity contribution in [2.45, 2.75) is 69.5 Å². The van der Waals surface area contributed by atoms with Crippen LogP contribution in [0.2, 0.25) is 0 Å². The highest BCUT2D eigenvalue weighted by Gasteiger charge is 2.27. The number of nitrogens with zero attached hydrogens (tertiary/aromatic N) is 5. The minimum atomic E-state index is 0.156. The third-order valence-corrected chi connectivity index (χ3v) is 6.19. The molecule has 2 aromatic rings. The molecule has 1 heterocycles. The Labute approximate surface area is 166 Å². The number of hydrogen-bond donors (Lipinski definition) is 1. The van der Waals surface area contributed by atoms with Crippen LogP contribution in [0.15, 0.2) is 30.3 Å². The van der Waals surface area contributed by atoms with Crippen molar-refractivity contribution in [3.05, 3.63) is 30.3 Å². The Bertz CT molecular complexity index is 762. The number of tetrazole rings is 1. The number of carbonyl (C=O) groups excluding carboxylic acids is 1. The fourth-order valence-corrected chi connectivity index (χ4v) is 4.51. The van der Waals surface area contributed by atoms with Gasteiger partial charge in [-0.3, -0.25) is 9.69 Å². The van der Waals surface area contributed by atoms with Crippen molar-refractivity contribution in [3.63, 3.8) is 0 Å². The standard InChI is InChI=1S/C21H30N6O/c1-26(18-9-5-6-10-18)15-20(28)22-17-11-13-19(14-12-17)27-24-21(23-25-27)16-7-3-2-4-8-16/h2-4,7-8,17-19H,5-6,9-15H2,1H3,(H,22,28). The molecule has 0 radical (unpaired) electrons. The Morgan fingerprint density at radius 1 is 1.11 bits per heavy atom. The number of aromatic nitrogens is 4. The van der Waals surface area contributed by atoms with Crippen LogP contribution in [0.3, 0.4) is 0 Å². The van der Waals surface area contributed by atoms with Crippen LogP contribution in [0.5, 0.6) is 0 Å². The summed E-state index contributed by atoms with van der Waals surface area (Å²) < 4.78 is 0. The van der Waals surface area contributed by atoms with E-state index in [0.717, 1.165) is 31.2 Å². The summed E-state index contributed by atoms with van der Waals surface area (Å²) in [5.74, 6) is 0.828. The van der Waals surface area contributed by atoms with Gasteiger partial charge in [0.05, 0.1) is 12.6 Å². The molecule has 1 N–H and O–H groups in total. The molecule has 0 unspecified atom stereocenters. The molecule has 0 spiro atoms. The Morgan fingerprint density at radius 3 is 2.54 bits per heavy atom. The zero-order chi connectivity index (χ0) is 19.3. The van der Waals surface area contributed by atoms with Gasteiger partial charge >= 0.3 is 0 Å². The highest BCUT2D eigenvalue weighted by molar-refractivity contribution is 5.78. The first-order chi connectivity index (χ1) is 13.7. The van der Waals surface area contributed by atoms with Crippen molar-refractivity contribution in [3.8, 4) is 11.4 Å². The minimum Gasteiger partial charge on any atom is -0.352 e. The SMILES string of the molecule is CN(CC(=O)NC1CCC(n2nnc(-c3ccccc3)n2)CC1)C1CCCC1. The maximum absolute atomic E-state index is 12.4. The van der Waals surface area contributed by atoms with Crippen LogP contribution < -0.4 is 5.32 Å². The quantitative estimate of drug-likeness (QED) is 0.831. The molecule has 150 valence electrons. The van der Waals surface area contributed by atoms with E-state index in [-0.39, 0.29) is 18.0 Å². The van der Waals surface area contributed by atoms with Crippen molar-refractivity contribution >= 4 is 5.91 Å². The molecule has 7 nitrogen and oxygen atoms in total. The molecule has 0 atom stereocenters. The van der Waals surface area contributed by atoms with Crippen LogP contribution in [0.4, 0.5) is 0 Å². The predicted octanol–water partition coefficient (Wildman–Crippen LogP) is 2.81. The third kappa shape index (κ3) is 4.58. The van der Waals surface area contributed by atoms with Crippen LogP contribution in [0, 0.1) is 0 Å². The number of rotatable bonds is 6. The van der Waals surface area contributed by atoms with Gasteiger partial charge in [-0.25, -0.2) is 0 Å². The van der Waals surface area contributed by atoms with Crippen molar-refractivity contribution < 1.29 is 4.79 Å². The fourth-order valence-electron chi connectivity index (χ4n) is 4.51. The molecule has 0 saturated heterocycles. The van der Waals surface area contributed by atoms with E-state index in [1.54, 1.807) is 4.80 Å². The normalized spacial score (nSPS) is 23.2. The lowest BCUT2D eigenvalue weighted by atomic mass is 9.91. The largest absolute Gasteiger partial charge is 0.352 e. The van der Waals surface area contributed by atoms with Crippen LogP contribution in [0.1, 0.15) is 57.4 Å². The topological polar surface area (TPSA) is 75.9 Å². The highest BCUT2D eigenvalue weighted by atomic mass is 16.2. The van der Waals surface area contributed by atoms with Gasteiger partial charge in [-0.05, 0) is 50.8 Å². The number of likely N-dealkylation sites (N-methyl/N-ethyl adjacent to an activating group) is 1. The zero-order valence-corrected chi connectivity index (χ0v) is 16.6. The average molecular weight is 383 g/mol. The highest BCUT2D eigenvalue weighted by Crippen LogP contribution is 2.28. The first-order valence-corrected chi connectivity index (χ1v) is 10.5. The average Bonchev–Trinajstić information content (AvgIpc) is 3.42. The van der Waals surface area contributed by atoms with E-state index in [0.29, 0.717) is 18.4 Å². The smallest absolute Gasteiger partial charge is 0.234 e. The Kier molecular flexibility index (Phi) is 6.00. The summed E-state index contributed by atoms with van der Waals surface area (Å²) in [7, 11) is 2.08. The molecule has 1 amide bonds. The summed E-state index contributed by atoms with van der Waals surface area (Å²) in [6, 6.07) is 11.0. The van der Waals surface area contributed by atoms with E-state index in [9.17, 15) is 4.79 Å². The summed E-state index contributed by atoms with van der Waals surface area (Å²) in [4.78, 5) is 16.4. The van der Waals surface area contributed by atoms with Gasteiger partial charge in [-0.1, -0.05) is 43.2 Å². The van der Waals surface area contributed by atoms with E-state index in [4.69, 9.17) is 0 Å². The first-order valence-electron chi connectivity index (χ1n) is 10.5. The summed E-state index contributed by atoms with van der Waals surface area (Å²) in [6.45, 7) is 0.510. The summed E-state index contributed by atoms with van der Waals surface area (Å²) in [5, 5.41) is 16.3. The molecule has 0 aliphatic heterocycles. The van der Waals surface area contributed by atoms with Crippen molar-refractivity contribution in [2.24, 2.45) is 0 Å². The van der Waals surface area contributed by atoms with E-state index >= 15 is 0 Å². The van der Waals surface area contributed by atoms with Gasteiger partial charge in [-0.15, -0.1) is 10.2 Å². The number of carbonyl (C=O) groups is 1. The maximum atomic E-state index is 12.4. The van der Waals surface area contributed by atoms with Gasteiger partial charge in [0.25, 0.3) is 0 Å². The zero-order valence-electron chi connectivity index (χ0n) is 16.6. The van der Waals surface area contributed by atoms with Crippen molar-refractivity contribution in [1.29, 1.82) is 0 Å². The Balaban J connectivity index is 1.24. The molecule has 2 aliphatic rings. The molecule has 2 saturated carbocycles. The molecule has 28 heavy (non-hydrogen) atoms. The number of amides is 1. The Hall–Kier alpha value is -2.28. The van der Waals surface area contributed by atoms with Gasteiger partial charge in [0, 0.05) is 17.6 Å². The molecule has 1 aromatic carbocycles. The van der Waals surface area contributed by atoms with E-state index in [1.807, 2.05) is 30.3 Å². The molecule has 4 rings (SSSR count). The monoisotopic (exact) mass is 382 g/mol. The summed E-state index contributed by atoms with van der Waals surface area (Å²) in [5.41, 5.74) is 0.987. The van der Waals surface area contributed by atoms with E-state index in [1.165, 1.54) is 25.7 Å². The second-order valence-electron chi connectivity index (χ2n) is 8.23. The van der Waals surface area contributed by atoms with Crippen LogP contribution in [-0.4, -0.2) is 56.7 Å². The van der Waals surface area contributed by atoms with Gasteiger partial charge in [0.1, 0.15) is 0 Å². The third-order valence-electron chi connectivity index (χ3n) is 6.19. The van der Waals surface area contributed by atoms with Gasteiger partial charge in [-0.2, -0.15) is 4.80 Å². The summed E-state index contributed by atoms with van der Waals surface area (Å²) >= 11 is 0. The van der Waals surface area contributed by atoms with Crippen LogP contribution >= 0.6 is 0 Å². The second-order valence-corrected chi connectivity index (χ2v) is 8.23. The number of nitrogens with one attached hydrogen (secondary N) is 1. The predicted molar refractivity (Wildman–Crippen MR) is 108 cm³/mol. The second kappa shape index (κ2) is 8.82. The molecule has 0 bridgehead atoms. The first kappa shape index (κ1) is 19.1. The molecule has 2 aliphatic carbocycles. The molecular formula is C21H30N6O. The maximum Gasteiger partial charge on any atom is 0.234 e. The van der Waals surface area contributed by atoms with Gasteiger partial charge in [0.2, 0.25) is 11.7 Å². The van der Waals surface area contributed by atoms with Crippen LogP contribution in [0.25, 0.3) is 11.4 Å². The van der Waals surface area contributed by atoms with Crippen molar-refractivity contribution in [2.75, 3.05) is 13.6 Å². The molecule has 7 heteroatoms. The molecule has 2 fully saturated rings. The lowest BCUT2D eigenvalue weighted by molar-refractivity contribution is -0.123. The number of hydrogen-bond acceptors (Lipinski definition) is 5. The van der Waals surface area contributed by atoms with E-state index < -0.39 is 0 Å². The van der Waals surface area contributed by atoms with Gasteiger partial charge in [0.15, 0.2) is 0 Å². The minimum absolute atomic E-state index is 0.156. The van der Waals surface area contributed by atoms with E-state index in [2.05, 4.69) is 32.7 Å². The van der Waals surface area contributed by atoms with Crippen LogP contribution in [-0.2, 0) is 4.79 Å². The fraction of sp³-hybridized carbons (Fsp3) is 0.619. The van der Waals surface area contributed by atoms with Gasteiger partial charge < -0.3 is 5.32 Å². The van der Waals surface area contributed by atoms with Crippen molar-refractivity contribution in [1.82, 2.24) is 30.4 Å². The lowest BCUT2D eigenvalue weighted by Crippen LogP contribution is -2.44.